The zero-order valence-corrected chi connectivity index (χ0v) is 16.0. The van der Waals surface area contributed by atoms with Gasteiger partial charge in [0.2, 0.25) is 0 Å². The van der Waals surface area contributed by atoms with Crippen molar-refractivity contribution in [2.45, 2.75) is 52.2 Å². The second kappa shape index (κ2) is 9.05. The molecule has 2 aromatic rings. The van der Waals surface area contributed by atoms with E-state index < -0.39 is 0 Å². The SMILES string of the molecule is COc1c(C)cnc(CN(Cc2cncnc2)C2CCCNCC2)c1C. The van der Waals surface area contributed by atoms with E-state index >= 15 is 0 Å². The van der Waals surface area contributed by atoms with Crippen molar-refractivity contribution in [3.05, 3.63) is 47.3 Å². The Balaban J connectivity index is 1.85. The molecule has 1 saturated heterocycles. The number of pyridine rings is 1. The van der Waals surface area contributed by atoms with Gasteiger partial charge >= 0.3 is 0 Å². The number of methoxy groups -OCH3 is 1. The Morgan fingerprint density at radius 1 is 1.12 bits per heavy atom. The molecule has 0 radical (unpaired) electrons. The van der Waals surface area contributed by atoms with E-state index in [1.54, 1.807) is 13.4 Å². The summed E-state index contributed by atoms with van der Waals surface area (Å²) in [4.78, 5) is 15.6. The lowest BCUT2D eigenvalue weighted by molar-refractivity contribution is 0.161. The zero-order valence-electron chi connectivity index (χ0n) is 16.0. The maximum Gasteiger partial charge on any atom is 0.128 e. The number of ether oxygens (including phenoxy) is 1. The number of nitrogens with one attached hydrogen (secondary N) is 1. The number of nitrogens with zero attached hydrogens (tertiary/aromatic N) is 4. The predicted octanol–water partition coefficient (Wildman–Crippen LogP) is 2.64. The van der Waals surface area contributed by atoms with Crippen LogP contribution in [0.25, 0.3) is 0 Å². The third-order valence-electron chi connectivity index (χ3n) is 5.16. The van der Waals surface area contributed by atoms with E-state index in [0.29, 0.717) is 6.04 Å². The number of hydrogen-bond donors (Lipinski definition) is 1. The molecule has 1 N–H and O–H groups in total. The quantitative estimate of drug-likeness (QED) is 0.859. The van der Waals surface area contributed by atoms with Crippen LogP contribution in [0.3, 0.4) is 0 Å². The Bertz CT molecular complexity index is 699. The third-order valence-corrected chi connectivity index (χ3v) is 5.16. The standard InChI is InChI=1S/C20H29N5O/c1-15-9-24-19(16(2)20(15)26-3)13-25(12-17-10-22-14-23-11-17)18-5-4-7-21-8-6-18/h9-11,14,18,21H,4-8,12-13H2,1-3H3. The zero-order chi connectivity index (χ0) is 18.4. The number of hydrogen-bond acceptors (Lipinski definition) is 6. The minimum atomic E-state index is 0.527. The van der Waals surface area contributed by atoms with Crippen molar-refractivity contribution in [2.75, 3.05) is 20.2 Å². The van der Waals surface area contributed by atoms with Crippen molar-refractivity contribution in [1.29, 1.82) is 0 Å². The van der Waals surface area contributed by atoms with Crippen molar-refractivity contribution in [2.24, 2.45) is 0 Å². The first kappa shape index (κ1) is 18.7. The van der Waals surface area contributed by atoms with Gasteiger partial charge in [0.1, 0.15) is 12.1 Å². The van der Waals surface area contributed by atoms with E-state index in [1.165, 1.54) is 12.8 Å². The van der Waals surface area contributed by atoms with Gasteiger partial charge in [-0.15, -0.1) is 0 Å². The monoisotopic (exact) mass is 355 g/mol. The van der Waals surface area contributed by atoms with Gasteiger partial charge in [-0.1, -0.05) is 0 Å². The van der Waals surface area contributed by atoms with Crippen LogP contribution in [0.5, 0.6) is 5.75 Å². The van der Waals surface area contributed by atoms with E-state index in [9.17, 15) is 0 Å². The average molecular weight is 355 g/mol. The van der Waals surface area contributed by atoms with E-state index in [2.05, 4.69) is 27.1 Å². The fraction of sp³-hybridized carbons (Fsp3) is 0.550. The lowest BCUT2D eigenvalue weighted by atomic mass is 10.0. The molecule has 3 heterocycles. The summed E-state index contributed by atoms with van der Waals surface area (Å²) >= 11 is 0. The molecule has 0 saturated carbocycles. The summed E-state index contributed by atoms with van der Waals surface area (Å²) in [6.07, 6.45) is 10.9. The van der Waals surface area contributed by atoms with Crippen LogP contribution in [-0.2, 0) is 13.1 Å². The number of aromatic nitrogens is 3. The normalized spacial score (nSPS) is 17.9. The lowest BCUT2D eigenvalue weighted by Crippen LogP contribution is -2.35. The van der Waals surface area contributed by atoms with Crippen molar-refractivity contribution in [3.63, 3.8) is 0 Å². The molecule has 0 amide bonds. The lowest BCUT2D eigenvalue weighted by Gasteiger charge is -2.31. The highest BCUT2D eigenvalue weighted by atomic mass is 16.5. The second-order valence-electron chi connectivity index (χ2n) is 7.03. The largest absolute Gasteiger partial charge is 0.496 e. The van der Waals surface area contributed by atoms with E-state index in [0.717, 1.165) is 60.7 Å². The van der Waals surface area contributed by atoms with Gasteiger partial charge in [0, 0.05) is 54.4 Å². The maximum absolute atomic E-state index is 5.59. The summed E-state index contributed by atoms with van der Waals surface area (Å²) < 4.78 is 5.59. The minimum Gasteiger partial charge on any atom is -0.496 e. The summed E-state index contributed by atoms with van der Waals surface area (Å²) in [5.74, 6) is 0.945. The predicted molar refractivity (Wildman–Crippen MR) is 102 cm³/mol. The molecule has 1 fully saturated rings. The molecule has 0 aromatic carbocycles. The minimum absolute atomic E-state index is 0.527. The Hall–Kier alpha value is -2.05. The molecule has 2 aromatic heterocycles. The highest BCUT2D eigenvalue weighted by molar-refractivity contribution is 5.41. The Kier molecular flexibility index (Phi) is 6.52. The first-order chi connectivity index (χ1) is 12.7. The van der Waals surface area contributed by atoms with E-state index in [-0.39, 0.29) is 0 Å². The van der Waals surface area contributed by atoms with Gasteiger partial charge < -0.3 is 10.1 Å². The van der Waals surface area contributed by atoms with Gasteiger partial charge in [-0.05, 0) is 46.2 Å². The molecule has 26 heavy (non-hydrogen) atoms. The smallest absolute Gasteiger partial charge is 0.128 e. The molecule has 1 aliphatic heterocycles. The first-order valence-electron chi connectivity index (χ1n) is 9.36. The average Bonchev–Trinajstić information content (AvgIpc) is 2.94. The Labute approximate surface area is 156 Å². The van der Waals surface area contributed by atoms with Crippen molar-refractivity contribution in [1.82, 2.24) is 25.2 Å². The van der Waals surface area contributed by atoms with Crippen LogP contribution in [0.1, 0.15) is 41.6 Å². The molecular formula is C20H29N5O. The molecule has 0 spiro atoms. The molecule has 6 heteroatoms. The van der Waals surface area contributed by atoms with E-state index in [4.69, 9.17) is 9.72 Å². The van der Waals surface area contributed by atoms with Gasteiger partial charge in [-0.3, -0.25) is 9.88 Å². The number of aryl methyl sites for hydroxylation is 1. The van der Waals surface area contributed by atoms with Crippen LogP contribution in [-0.4, -0.2) is 46.1 Å². The van der Waals surface area contributed by atoms with Crippen LogP contribution in [0.2, 0.25) is 0 Å². The molecule has 140 valence electrons. The second-order valence-corrected chi connectivity index (χ2v) is 7.03. The first-order valence-corrected chi connectivity index (χ1v) is 9.36. The molecule has 0 bridgehead atoms. The van der Waals surface area contributed by atoms with Crippen LogP contribution < -0.4 is 10.1 Å². The van der Waals surface area contributed by atoms with Crippen molar-refractivity contribution in [3.8, 4) is 5.75 Å². The summed E-state index contributed by atoms with van der Waals surface area (Å²) in [7, 11) is 1.73. The molecule has 1 atom stereocenters. The summed E-state index contributed by atoms with van der Waals surface area (Å²) in [5.41, 5.74) is 4.44. The molecule has 1 aliphatic rings. The molecular weight excluding hydrogens is 326 g/mol. The molecule has 6 nitrogen and oxygen atoms in total. The highest BCUT2D eigenvalue weighted by Gasteiger charge is 2.22. The fourth-order valence-corrected chi connectivity index (χ4v) is 3.75. The maximum atomic E-state index is 5.59. The van der Waals surface area contributed by atoms with Gasteiger partial charge in [0.15, 0.2) is 0 Å². The molecule has 0 aliphatic carbocycles. The van der Waals surface area contributed by atoms with Crippen LogP contribution >= 0.6 is 0 Å². The molecule has 3 rings (SSSR count). The van der Waals surface area contributed by atoms with Gasteiger partial charge in [0.25, 0.3) is 0 Å². The molecule has 1 unspecified atom stereocenters. The fourth-order valence-electron chi connectivity index (χ4n) is 3.75. The summed E-state index contributed by atoms with van der Waals surface area (Å²) in [5, 5.41) is 3.51. The van der Waals surface area contributed by atoms with Crippen molar-refractivity contribution < 1.29 is 4.74 Å². The Morgan fingerprint density at radius 3 is 2.69 bits per heavy atom. The van der Waals surface area contributed by atoms with Gasteiger partial charge in [-0.25, -0.2) is 9.97 Å². The van der Waals surface area contributed by atoms with E-state index in [1.807, 2.05) is 25.5 Å². The third kappa shape index (κ3) is 4.56. The highest BCUT2D eigenvalue weighted by Crippen LogP contribution is 2.26. The van der Waals surface area contributed by atoms with Gasteiger partial charge in [0.05, 0.1) is 12.8 Å². The number of rotatable bonds is 6. The topological polar surface area (TPSA) is 63.2 Å². The Morgan fingerprint density at radius 2 is 1.92 bits per heavy atom. The van der Waals surface area contributed by atoms with Crippen LogP contribution in [0, 0.1) is 13.8 Å². The van der Waals surface area contributed by atoms with Crippen LogP contribution in [0.15, 0.2) is 24.9 Å². The summed E-state index contributed by atoms with van der Waals surface area (Å²) in [6, 6.07) is 0.527. The van der Waals surface area contributed by atoms with Crippen LogP contribution in [0.4, 0.5) is 0 Å². The van der Waals surface area contributed by atoms with Gasteiger partial charge in [-0.2, -0.15) is 0 Å². The summed E-state index contributed by atoms with van der Waals surface area (Å²) in [6.45, 7) is 7.96. The van der Waals surface area contributed by atoms with Crippen molar-refractivity contribution >= 4 is 0 Å².